The fourth-order valence-corrected chi connectivity index (χ4v) is 5.56. The van der Waals surface area contributed by atoms with Crippen molar-refractivity contribution >= 4 is 21.6 Å². The summed E-state index contributed by atoms with van der Waals surface area (Å²) in [6, 6.07) is 19.8. The standard InChI is InChI=1S/C26H28N2O5S/c1-19-16-23(34(30,31)28-15-14-21-6-4-5-7-24(21)28)12-13-25(19)33-18-26(29)27(2)17-20-8-10-22(32-3)11-9-20/h4-13,16H,14-15,17-18H2,1-3H3. The van der Waals surface area contributed by atoms with Crippen LogP contribution >= 0.6 is 0 Å². The Morgan fingerprint density at radius 2 is 1.79 bits per heavy atom. The number of likely N-dealkylation sites (N-methyl/N-ethyl adjacent to an activating group) is 1. The third-order valence-electron chi connectivity index (χ3n) is 5.93. The molecule has 3 aromatic rings. The number of amides is 1. The van der Waals surface area contributed by atoms with E-state index >= 15 is 0 Å². The molecule has 3 aromatic carbocycles. The van der Waals surface area contributed by atoms with E-state index in [4.69, 9.17) is 9.47 Å². The lowest BCUT2D eigenvalue weighted by Gasteiger charge is -2.21. The molecule has 0 aromatic heterocycles. The van der Waals surface area contributed by atoms with E-state index in [9.17, 15) is 13.2 Å². The highest BCUT2D eigenvalue weighted by Crippen LogP contribution is 2.33. The maximum absolute atomic E-state index is 13.2. The third-order valence-corrected chi connectivity index (χ3v) is 7.74. The van der Waals surface area contributed by atoms with E-state index in [2.05, 4.69) is 0 Å². The van der Waals surface area contributed by atoms with Gasteiger partial charge in [-0.15, -0.1) is 0 Å². The summed E-state index contributed by atoms with van der Waals surface area (Å²) in [4.78, 5) is 14.3. The number of rotatable bonds is 8. The summed E-state index contributed by atoms with van der Waals surface area (Å²) in [6.45, 7) is 2.50. The van der Waals surface area contributed by atoms with Crippen molar-refractivity contribution in [3.05, 3.63) is 83.4 Å². The first-order valence-corrected chi connectivity index (χ1v) is 12.4. The predicted octanol–water partition coefficient (Wildman–Crippen LogP) is 3.79. The van der Waals surface area contributed by atoms with Gasteiger partial charge in [0.05, 0.1) is 17.7 Å². The molecular formula is C26H28N2O5S. The second-order valence-electron chi connectivity index (χ2n) is 8.27. The summed E-state index contributed by atoms with van der Waals surface area (Å²) in [5.74, 6) is 1.06. The van der Waals surface area contributed by atoms with Crippen LogP contribution in [0.15, 0.2) is 71.6 Å². The van der Waals surface area contributed by atoms with Gasteiger partial charge in [-0.3, -0.25) is 9.10 Å². The average molecular weight is 481 g/mol. The number of sulfonamides is 1. The molecule has 8 heteroatoms. The number of ether oxygens (including phenoxy) is 2. The molecule has 0 spiro atoms. The maximum Gasteiger partial charge on any atom is 0.264 e. The summed E-state index contributed by atoms with van der Waals surface area (Å²) in [5.41, 5.74) is 3.39. The Labute approximate surface area is 200 Å². The summed E-state index contributed by atoms with van der Waals surface area (Å²) in [6.07, 6.45) is 0.696. The van der Waals surface area contributed by atoms with E-state index in [1.165, 1.54) is 10.4 Å². The van der Waals surface area contributed by atoms with E-state index in [1.807, 2.05) is 48.5 Å². The van der Waals surface area contributed by atoms with Gasteiger partial charge in [-0.25, -0.2) is 8.42 Å². The van der Waals surface area contributed by atoms with Crippen LogP contribution in [0.1, 0.15) is 16.7 Å². The Hall–Kier alpha value is -3.52. The number of hydrogen-bond acceptors (Lipinski definition) is 5. The highest BCUT2D eigenvalue weighted by Gasteiger charge is 2.30. The molecule has 0 saturated heterocycles. The van der Waals surface area contributed by atoms with Gasteiger partial charge in [0.25, 0.3) is 15.9 Å². The first-order chi connectivity index (χ1) is 16.3. The lowest BCUT2D eigenvalue weighted by Crippen LogP contribution is -2.31. The molecule has 178 valence electrons. The zero-order valence-electron chi connectivity index (χ0n) is 19.5. The number of aryl methyl sites for hydroxylation is 1. The number of fused-ring (bicyclic) bond motifs is 1. The van der Waals surface area contributed by atoms with Crippen molar-refractivity contribution in [2.45, 2.75) is 24.8 Å². The molecule has 0 saturated carbocycles. The number of carbonyl (C=O) groups excluding carboxylic acids is 1. The Morgan fingerprint density at radius 3 is 2.50 bits per heavy atom. The van der Waals surface area contributed by atoms with Gasteiger partial charge < -0.3 is 14.4 Å². The van der Waals surface area contributed by atoms with Crippen molar-refractivity contribution in [2.24, 2.45) is 0 Å². The summed E-state index contributed by atoms with van der Waals surface area (Å²) in [7, 11) is -0.359. The molecule has 0 atom stereocenters. The second kappa shape index (κ2) is 9.77. The van der Waals surface area contributed by atoms with Crippen LogP contribution in [0.2, 0.25) is 0 Å². The summed E-state index contributed by atoms with van der Waals surface area (Å²) < 4.78 is 38.8. The molecule has 1 heterocycles. The van der Waals surface area contributed by atoms with E-state index in [0.717, 1.165) is 22.6 Å². The molecule has 0 bridgehead atoms. The fraction of sp³-hybridized carbons (Fsp3) is 0.269. The predicted molar refractivity (Wildman–Crippen MR) is 131 cm³/mol. The fourth-order valence-electron chi connectivity index (χ4n) is 3.97. The van der Waals surface area contributed by atoms with Gasteiger partial charge in [0.2, 0.25) is 0 Å². The van der Waals surface area contributed by atoms with E-state index in [-0.39, 0.29) is 17.4 Å². The van der Waals surface area contributed by atoms with Crippen LogP contribution in [-0.2, 0) is 27.8 Å². The molecule has 0 aliphatic carbocycles. The minimum Gasteiger partial charge on any atom is -0.497 e. The molecular weight excluding hydrogens is 452 g/mol. The van der Waals surface area contributed by atoms with Crippen molar-refractivity contribution in [3.63, 3.8) is 0 Å². The Kier molecular flexibility index (Phi) is 6.79. The molecule has 7 nitrogen and oxygen atoms in total. The number of methoxy groups -OCH3 is 1. The number of hydrogen-bond donors (Lipinski definition) is 0. The largest absolute Gasteiger partial charge is 0.497 e. The molecule has 0 N–H and O–H groups in total. The molecule has 34 heavy (non-hydrogen) atoms. The minimum absolute atomic E-state index is 0.140. The lowest BCUT2D eigenvalue weighted by atomic mass is 10.2. The normalized spacial score (nSPS) is 12.9. The Bertz CT molecular complexity index is 1290. The number of nitrogens with zero attached hydrogens (tertiary/aromatic N) is 2. The van der Waals surface area contributed by atoms with Crippen LogP contribution in [-0.4, -0.2) is 46.5 Å². The van der Waals surface area contributed by atoms with Gasteiger partial charge in [0, 0.05) is 20.1 Å². The van der Waals surface area contributed by atoms with Gasteiger partial charge in [-0.1, -0.05) is 30.3 Å². The van der Waals surface area contributed by atoms with Crippen molar-refractivity contribution in [1.29, 1.82) is 0 Å². The van der Waals surface area contributed by atoms with Gasteiger partial charge in [-0.2, -0.15) is 0 Å². The number of para-hydroxylation sites is 1. The van der Waals surface area contributed by atoms with Crippen LogP contribution < -0.4 is 13.8 Å². The zero-order valence-corrected chi connectivity index (χ0v) is 20.3. The van der Waals surface area contributed by atoms with Gasteiger partial charge in [0.1, 0.15) is 11.5 Å². The van der Waals surface area contributed by atoms with Crippen LogP contribution in [0.3, 0.4) is 0 Å². The summed E-state index contributed by atoms with van der Waals surface area (Å²) in [5, 5.41) is 0. The average Bonchev–Trinajstić information content (AvgIpc) is 3.28. The molecule has 0 fully saturated rings. The van der Waals surface area contributed by atoms with Crippen molar-refractivity contribution in [3.8, 4) is 11.5 Å². The molecule has 1 amide bonds. The minimum atomic E-state index is -3.68. The second-order valence-corrected chi connectivity index (χ2v) is 10.1. The topological polar surface area (TPSA) is 76.1 Å². The highest BCUT2D eigenvalue weighted by atomic mass is 32.2. The van der Waals surface area contributed by atoms with Gasteiger partial charge in [-0.05, 0) is 66.4 Å². The molecule has 1 aliphatic rings. The quantitative estimate of drug-likeness (QED) is 0.490. The first-order valence-electron chi connectivity index (χ1n) is 11.0. The SMILES string of the molecule is COc1ccc(CN(C)C(=O)COc2ccc(S(=O)(=O)N3CCc4ccccc43)cc2C)cc1. The van der Waals surface area contributed by atoms with E-state index in [1.54, 1.807) is 38.1 Å². The van der Waals surface area contributed by atoms with Crippen LogP contribution in [0, 0.1) is 6.92 Å². The first kappa shape index (κ1) is 23.6. The number of benzene rings is 3. The van der Waals surface area contributed by atoms with Crippen molar-refractivity contribution in [2.75, 3.05) is 31.6 Å². The van der Waals surface area contributed by atoms with Gasteiger partial charge >= 0.3 is 0 Å². The van der Waals surface area contributed by atoms with Crippen molar-refractivity contribution < 1.29 is 22.7 Å². The smallest absolute Gasteiger partial charge is 0.264 e. The maximum atomic E-state index is 13.2. The van der Waals surface area contributed by atoms with Crippen molar-refractivity contribution in [1.82, 2.24) is 4.90 Å². The number of carbonyl (C=O) groups is 1. The Morgan fingerprint density at radius 1 is 1.06 bits per heavy atom. The molecule has 0 radical (unpaired) electrons. The van der Waals surface area contributed by atoms with Crippen LogP contribution in [0.25, 0.3) is 0 Å². The van der Waals surface area contributed by atoms with E-state index < -0.39 is 10.0 Å². The molecule has 0 unspecified atom stereocenters. The zero-order chi connectivity index (χ0) is 24.3. The lowest BCUT2D eigenvalue weighted by molar-refractivity contribution is -0.132. The third kappa shape index (κ3) is 4.87. The highest BCUT2D eigenvalue weighted by molar-refractivity contribution is 7.92. The number of anilines is 1. The van der Waals surface area contributed by atoms with Crippen LogP contribution in [0.4, 0.5) is 5.69 Å². The Balaban J connectivity index is 1.40. The van der Waals surface area contributed by atoms with E-state index in [0.29, 0.717) is 30.8 Å². The van der Waals surface area contributed by atoms with Crippen LogP contribution in [0.5, 0.6) is 11.5 Å². The summed E-state index contributed by atoms with van der Waals surface area (Å²) >= 11 is 0. The molecule has 1 aliphatic heterocycles. The van der Waals surface area contributed by atoms with Gasteiger partial charge in [0.15, 0.2) is 6.61 Å². The molecule has 4 rings (SSSR count). The monoisotopic (exact) mass is 480 g/mol.